The molecule has 0 fully saturated rings. The van der Waals surface area contributed by atoms with Crippen LogP contribution in [0.1, 0.15) is 21.7 Å². The minimum atomic E-state index is -0.203. The molecular formula is C21H22N4O2. The third-order valence-corrected chi connectivity index (χ3v) is 4.07. The lowest BCUT2D eigenvalue weighted by Gasteiger charge is -2.15. The molecule has 6 nitrogen and oxygen atoms in total. The molecule has 2 aromatic carbocycles. The lowest BCUT2D eigenvalue weighted by atomic mass is 10.1. The largest absolute Gasteiger partial charge is 0.424 e. The predicted octanol–water partition coefficient (Wildman–Crippen LogP) is 4.20. The quantitative estimate of drug-likeness (QED) is 0.737. The molecule has 1 amide bonds. The van der Waals surface area contributed by atoms with Crippen molar-refractivity contribution >= 4 is 17.3 Å². The summed E-state index contributed by atoms with van der Waals surface area (Å²) in [5, 5.41) is 2.91. The lowest BCUT2D eigenvalue weighted by Crippen LogP contribution is -2.16. The molecule has 0 saturated heterocycles. The third-order valence-electron chi connectivity index (χ3n) is 4.07. The van der Waals surface area contributed by atoms with E-state index in [-0.39, 0.29) is 11.9 Å². The van der Waals surface area contributed by atoms with Gasteiger partial charge in [-0.05, 0) is 44.2 Å². The maximum Gasteiger partial charge on any atom is 0.322 e. The van der Waals surface area contributed by atoms with Gasteiger partial charge in [-0.1, -0.05) is 24.3 Å². The first-order chi connectivity index (χ1) is 12.9. The van der Waals surface area contributed by atoms with Crippen molar-refractivity contribution in [3.8, 4) is 11.8 Å². The number of nitrogens with zero attached hydrogens (tertiary/aromatic N) is 3. The average molecular weight is 362 g/mol. The Balaban J connectivity index is 1.81. The van der Waals surface area contributed by atoms with Gasteiger partial charge >= 0.3 is 6.01 Å². The van der Waals surface area contributed by atoms with Crippen LogP contribution in [0.25, 0.3) is 0 Å². The van der Waals surface area contributed by atoms with Crippen molar-refractivity contribution in [2.75, 3.05) is 24.3 Å². The Labute approximate surface area is 158 Å². The van der Waals surface area contributed by atoms with Crippen molar-refractivity contribution in [3.05, 3.63) is 71.5 Å². The number of anilines is 2. The van der Waals surface area contributed by atoms with Crippen molar-refractivity contribution in [1.82, 2.24) is 9.97 Å². The van der Waals surface area contributed by atoms with Gasteiger partial charge in [-0.2, -0.15) is 9.97 Å². The molecule has 3 aromatic rings. The Bertz CT molecular complexity index is 932. The van der Waals surface area contributed by atoms with Gasteiger partial charge in [0.2, 0.25) is 0 Å². The first-order valence-electron chi connectivity index (χ1n) is 8.61. The molecule has 27 heavy (non-hydrogen) atoms. The highest BCUT2D eigenvalue weighted by Crippen LogP contribution is 2.24. The fourth-order valence-electron chi connectivity index (χ4n) is 2.62. The number of carbonyl (C=O) groups excluding carboxylic acids is 1. The van der Waals surface area contributed by atoms with Gasteiger partial charge in [0.1, 0.15) is 5.75 Å². The normalized spacial score (nSPS) is 10.4. The highest BCUT2D eigenvalue weighted by molar-refractivity contribution is 6.05. The van der Waals surface area contributed by atoms with Gasteiger partial charge in [-0.15, -0.1) is 0 Å². The van der Waals surface area contributed by atoms with E-state index in [1.807, 2.05) is 81.4 Å². The van der Waals surface area contributed by atoms with Gasteiger partial charge in [0.25, 0.3) is 5.91 Å². The topological polar surface area (TPSA) is 67.4 Å². The van der Waals surface area contributed by atoms with Crippen molar-refractivity contribution < 1.29 is 9.53 Å². The number of amides is 1. The van der Waals surface area contributed by atoms with E-state index < -0.39 is 0 Å². The van der Waals surface area contributed by atoms with Crippen LogP contribution in [0.4, 0.5) is 11.4 Å². The molecule has 0 bridgehead atoms. The summed E-state index contributed by atoms with van der Waals surface area (Å²) in [6.45, 7) is 3.64. The summed E-state index contributed by atoms with van der Waals surface area (Å²) >= 11 is 0. The van der Waals surface area contributed by atoms with Crippen LogP contribution in [0.15, 0.2) is 54.6 Å². The fraction of sp³-hybridized carbons (Fsp3) is 0.190. The zero-order valence-corrected chi connectivity index (χ0v) is 15.9. The highest BCUT2D eigenvalue weighted by Gasteiger charge is 2.14. The van der Waals surface area contributed by atoms with Gasteiger partial charge in [0.05, 0.1) is 17.1 Å². The third kappa shape index (κ3) is 4.41. The molecule has 138 valence electrons. The second-order valence-corrected chi connectivity index (χ2v) is 6.37. The monoisotopic (exact) mass is 362 g/mol. The van der Waals surface area contributed by atoms with Crippen molar-refractivity contribution in [3.63, 3.8) is 0 Å². The molecule has 0 saturated carbocycles. The van der Waals surface area contributed by atoms with E-state index in [1.165, 1.54) is 0 Å². The first kappa shape index (κ1) is 18.4. The van der Waals surface area contributed by atoms with Crippen LogP contribution in [0.3, 0.4) is 0 Å². The zero-order chi connectivity index (χ0) is 19.4. The van der Waals surface area contributed by atoms with Crippen LogP contribution in [-0.2, 0) is 0 Å². The number of carbonyl (C=O) groups is 1. The summed E-state index contributed by atoms with van der Waals surface area (Å²) < 4.78 is 5.69. The number of rotatable bonds is 5. The van der Waals surface area contributed by atoms with Gasteiger partial charge in [0.15, 0.2) is 0 Å². The van der Waals surface area contributed by atoms with Crippen LogP contribution in [0, 0.1) is 13.8 Å². The molecule has 3 rings (SSSR count). The molecule has 0 aliphatic rings. The maximum absolute atomic E-state index is 12.7. The molecular weight excluding hydrogens is 340 g/mol. The number of para-hydroxylation sites is 1. The second-order valence-electron chi connectivity index (χ2n) is 6.37. The summed E-state index contributed by atoms with van der Waals surface area (Å²) in [7, 11) is 3.87. The minimum Gasteiger partial charge on any atom is -0.424 e. The molecule has 1 heterocycles. The Morgan fingerprint density at radius 2 is 1.63 bits per heavy atom. The standard InChI is InChI=1S/C21H22N4O2/c1-14-19(24-20(26)16-9-8-10-17(13-16)25(3)4)15(2)23-21(22-14)27-18-11-6-5-7-12-18/h5-13H,1-4H3,(H,24,26). The Morgan fingerprint density at radius 3 is 2.26 bits per heavy atom. The van der Waals surface area contributed by atoms with Crippen LogP contribution in [-0.4, -0.2) is 30.0 Å². The van der Waals surface area contributed by atoms with E-state index in [4.69, 9.17) is 4.74 Å². The van der Waals surface area contributed by atoms with E-state index in [0.29, 0.717) is 28.4 Å². The molecule has 0 atom stereocenters. The molecule has 6 heteroatoms. The van der Waals surface area contributed by atoms with Gasteiger partial charge in [0, 0.05) is 25.3 Å². The van der Waals surface area contributed by atoms with E-state index in [9.17, 15) is 4.79 Å². The van der Waals surface area contributed by atoms with E-state index in [1.54, 1.807) is 6.07 Å². The SMILES string of the molecule is Cc1nc(Oc2ccccc2)nc(C)c1NC(=O)c1cccc(N(C)C)c1. The van der Waals surface area contributed by atoms with Crippen LogP contribution < -0.4 is 15.0 Å². The molecule has 0 aliphatic heterocycles. The Kier molecular flexibility index (Phi) is 5.35. The van der Waals surface area contributed by atoms with Crippen LogP contribution in [0.2, 0.25) is 0 Å². The summed E-state index contributed by atoms with van der Waals surface area (Å²) in [5.41, 5.74) is 3.41. The van der Waals surface area contributed by atoms with Crippen molar-refractivity contribution in [2.45, 2.75) is 13.8 Å². The summed E-state index contributed by atoms with van der Waals surface area (Å²) in [5.74, 6) is 0.457. The second kappa shape index (κ2) is 7.86. The van der Waals surface area contributed by atoms with E-state index in [0.717, 1.165) is 5.69 Å². The maximum atomic E-state index is 12.7. The molecule has 0 aliphatic carbocycles. The summed E-state index contributed by atoms with van der Waals surface area (Å²) in [4.78, 5) is 23.3. The van der Waals surface area contributed by atoms with E-state index >= 15 is 0 Å². The zero-order valence-electron chi connectivity index (χ0n) is 15.9. The van der Waals surface area contributed by atoms with Crippen molar-refractivity contribution in [2.24, 2.45) is 0 Å². The molecule has 0 unspecified atom stereocenters. The highest BCUT2D eigenvalue weighted by atomic mass is 16.5. The number of nitrogens with one attached hydrogen (secondary N) is 1. The van der Waals surface area contributed by atoms with Gasteiger partial charge < -0.3 is 15.0 Å². The average Bonchev–Trinajstić information content (AvgIpc) is 2.65. The van der Waals surface area contributed by atoms with Crippen LogP contribution in [0.5, 0.6) is 11.8 Å². The predicted molar refractivity (Wildman–Crippen MR) is 107 cm³/mol. The minimum absolute atomic E-state index is 0.203. The first-order valence-corrected chi connectivity index (χ1v) is 8.61. The molecule has 1 N–H and O–H groups in total. The van der Waals surface area contributed by atoms with Crippen molar-refractivity contribution in [1.29, 1.82) is 0 Å². The van der Waals surface area contributed by atoms with Gasteiger partial charge in [-0.3, -0.25) is 4.79 Å². The number of hydrogen-bond acceptors (Lipinski definition) is 5. The van der Waals surface area contributed by atoms with Gasteiger partial charge in [-0.25, -0.2) is 0 Å². The lowest BCUT2D eigenvalue weighted by molar-refractivity contribution is 0.102. The smallest absolute Gasteiger partial charge is 0.322 e. The number of hydrogen-bond donors (Lipinski definition) is 1. The molecule has 1 aromatic heterocycles. The Morgan fingerprint density at radius 1 is 0.963 bits per heavy atom. The summed E-state index contributed by atoms with van der Waals surface area (Å²) in [6, 6.07) is 17.0. The molecule has 0 spiro atoms. The molecule has 0 radical (unpaired) electrons. The van der Waals surface area contributed by atoms with Crippen LogP contribution >= 0.6 is 0 Å². The summed E-state index contributed by atoms with van der Waals surface area (Å²) in [6.07, 6.45) is 0. The number of ether oxygens (including phenoxy) is 1. The number of aromatic nitrogens is 2. The fourth-order valence-corrected chi connectivity index (χ4v) is 2.62. The van der Waals surface area contributed by atoms with E-state index in [2.05, 4.69) is 15.3 Å². The number of benzene rings is 2. The number of aryl methyl sites for hydroxylation is 2. The Hall–Kier alpha value is -3.41.